The van der Waals surface area contributed by atoms with E-state index >= 15 is 0 Å². The van der Waals surface area contributed by atoms with Gasteiger partial charge < -0.3 is 10.2 Å². The van der Waals surface area contributed by atoms with Crippen LogP contribution in [0, 0.1) is 6.92 Å². The van der Waals surface area contributed by atoms with E-state index in [4.69, 9.17) is 0 Å². The summed E-state index contributed by atoms with van der Waals surface area (Å²) in [6.07, 6.45) is 2.12. The number of likely N-dealkylation sites (tertiary alicyclic amines) is 1. The number of benzene rings is 1. The van der Waals surface area contributed by atoms with Gasteiger partial charge in [-0.15, -0.1) is 0 Å². The first-order valence-electron chi connectivity index (χ1n) is 10.5. The first kappa shape index (κ1) is 22.5. The predicted octanol–water partition coefficient (Wildman–Crippen LogP) is 5.27. The number of halogens is 3. The van der Waals surface area contributed by atoms with E-state index in [2.05, 4.69) is 15.3 Å². The number of para-hydroxylation sites is 1. The smallest absolute Gasteiger partial charge is 0.325 e. The summed E-state index contributed by atoms with van der Waals surface area (Å²) in [7, 11) is 0. The summed E-state index contributed by atoms with van der Waals surface area (Å²) >= 11 is 0. The second kappa shape index (κ2) is 9.05. The molecule has 1 fully saturated rings. The maximum absolute atomic E-state index is 13.6. The molecule has 1 saturated heterocycles. The number of hydrogen-bond acceptors (Lipinski definition) is 4. The van der Waals surface area contributed by atoms with Crippen LogP contribution in [0.2, 0.25) is 0 Å². The van der Waals surface area contributed by atoms with Gasteiger partial charge in [0.25, 0.3) is 0 Å². The zero-order valence-electron chi connectivity index (χ0n) is 17.9. The lowest BCUT2D eigenvalue weighted by Gasteiger charge is -2.27. The number of amides is 3. The molecule has 0 spiro atoms. The fraction of sp³-hybridized carbons (Fsp3) is 0.304. The summed E-state index contributed by atoms with van der Waals surface area (Å²) in [6, 6.07) is 5.40. The number of carbonyl (C=O) groups excluding carboxylic acids is 2. The van der Waals surface area contributed by atoms with E-state index in [9.17, 15) is 22.8 Å². The molecule has 1 aliphatic rings. The van der Waals surface area contributed by atoms with E-state index in [0.29, 0.717) is 36.1 Å². The van der Waals surface area contributed by atoms with Crippen LogP contribution < -0.4 is 10.2 Å². The SMILES string of the molecule is Cc1cnc2c(N(C=O)c3cnccc3C(F)(F)F)cccc2c1NC(=O)N1CCCCC1. The zero-order valence-corrected chi connectivity index (χ0v) is 17.9. The van der Waals surface area contributed by atoms with Crippen LogP contribution in [0.1, 0.15) is 30.4 Å². The van der Waals surface area contributed by atoms with Crippen molar-refractivity contribution in [3.05, 3.63) is 54.0 Å². The van der Waals surface area contributed by atoms with E-state index in [-0.39, 0.29) is 17.2 Å². The number of carbonyl (C=O) groups is 2. The number of aromatic nitrogens is 2. The van der Waals surface area contributed by atoms with E-state index in [1.807, 2.05) is 0 Å². The molecule has 1 aliphatic heterocycles. The molecular formula is C23H22F3N5O2. The van der Waals surface area contributed by atoms with Crippen molar-refractivity contribution >= 4 is 40.4 Å². The molecule has 0 aliphatic carbocycles. The van der Waals surface area contributed by atoms with Gasteiger partial charge in [0.05, 0.1) is 34.3 Å². The van der Waals surface area contributed by atoms with Crippen molar-refractivity contribution in [2.45, 2.75) is 32.4 Å². The third-order valence-corrected chi connectivity index (χ3v) is 5.67. The zero-order chi connectivity index (χ0) is 23.6. The molecule has 0 bridgehead atoms. The van der Waals surface area contributed by atoms with E-state index in [0.717, 1.165) is 42.6 Å². The molecule has 4 rings (SSSR count). The van der Waals surface area contributed by atoms with Crippen LogP contribution in [-0.2, 0) is 11.0 Å². The number of piperidine rings is 1. The number of pyridine rings is 2. The van der Waals surface area contributed by atoms with Gasteiger partial charge in [-0.05, 0) is 43.9 Å². The highest BCUT2D eigenvalue weighted by atomic mass is 19.4. The van der Waals surface area contributed by atoms with Crippen molar-refractivity contribution in [3.8, 4) is 0 Å². The molecular weight excluding hydrogens is 435 g/mol. The third kappa shape index (κ3) is 4.46. The molecule has 0 radical (unpaired) electrons. The Morgan fingerprint density at radius 3 is 2.58 bits per heavy atom. The number of anilines is 3. The molecule has 172 valence electrons. The number of rotatable bonds is 4. The van der Waals surface area contributed by atoms with Gasteiger partial charge >= 0.3 is 12.2 Å². The standard InChI is InChI=1S/C23H22F3N5O2/c1-15-12-28-21-16(20(15)29-22(33)30-10-3-2-4-11-30)6-5-7-18(21)31(14-32)19-13-27-9-8-17(19)23(24,25)26/h5-9,12-14H,2-4,10-11H2,1H3,(H,28,29,33). The van der Waals surface area contributed by atoms with Crippen LogP contribution in [0.15, 0.2) is 42.9 Å². The highest BCUT2D eigenvalue weighted by Gasteiger charge is 2.35. The number of nitrogens with zero attached hydrogens (tertiary/aromatic N) is 4. The average molecular weight is 457 g/mol. The monoisotopic (exact) mass is 457 g/mol. The third-order valence-electron chi connectivity index (χ3n) is 5.67. The molecule has 7 nitrogen and oxygen atoms in total. The van der Waals surface area contributed by atoms with E-state index in [1.165, 1.54) is 12.3 Å². The number of alkyl halides is 3. The Hall–Kier alpha value is -3.69. The first-order chi connectivity index (χ1) is 15.8. The van der Waals surface area contributed by atoms with Gasteiger partial charge in [0.1, 0.15) is 0 Å². The Morgan fingerprint density at radius 1 is 1.12 bits per heavy atom. The molecule has 3 amide bonds. The number of hydrogen-bond donors (Lipinski definition) is 1. The van der Waals surface area contributed by atoms with Gasteiger partial charge in [-0.2, -0.15) is 13.2 Å². The molecule has 3 heterocycles. The summed E-state index contributed by atoms with van der Waals surface area (Å²) in [5.41, 5.74) is 0.224. The fourth-order valence-electron chi connectivity index (χ4n) is 4.01. The lowest BCUT2D eigenvalue weighted by Crippen LogP contribution is -2.38. The molecule has 33 heavy (non-hydrogen) atoms. The van der Waals surface area contributed by atoms with Gasteiger partial charge in [-0.3, -0.25) is 19.7 Å². The van der Waals surface area contributed by atoms with E-state index in [1.54, 1.807) is 24.0 Å². The molecule has 1 aromatic carbocycles. The Balaban J connectivity index is 1.80. The minimum Gasteiger partial charge on any atom is -0.325 e. The normalized spacial score (nSPS) is 14.2. The summed E-state index contributed by atoms with van der Waals surface area (Å²) in [5, 5.41) is 3.45. The maximum Gasteiger partial charge on any atom is 0.418 e. The lowest BCUT2D eigenvalue weighted by atomic mass is 10.1. The van der Waals surface area contributed by atoms with Crippen molar-refractivity contribution in [1.82, 2.24) is 14.9 Å². The number of fused-ring (bicyclic) bond motifs is 1. The Kier molecular flexibility index (Phi) is 6.17. The average Bonchev–Trinajstić information content (AvgIpc) is 2.81. The van der Waals surface area contributed by atoms with Gasteiger partial charge in [0.15, 0.2) is 0 Å². The van der Waals surface area contributed by atoms with Gasteiger partial charge in [0.2, 0.25) is 6.41 Å². The second-order valence-corrected chi connectivity index (χ2v) is 7.83. The van der Waals surface area contributed by atoms with Gasteiger partial charge in [-0.1, -0.05) is 12.1 Å². The van der Waals surface area contributed by atoms with Crippen molar-refractivity contribution in [1.29, 1.82) is 0 Å². The molecule has 0 unspecified atom stereocenters. The van der Waals surface area contributed by atoms with Crippen LogP contribution in [0.4, 0.5) is 35.0 Å². The van der Waals surface area contributed by atoms with Crippen LogP contribution in [-0.4, -0.2) is 40.4 Å². The van der Waals surface area contributed by atoms with E-state index < -0.39 is 17.4 Å². The highest BCUT2D eigenvalue weighted by molar-refractivity contribution is 6.08. The quantitative estimate of drug-likeness (QED) is 0.542. The minimum atomic E-state index is -4.68. The number of urea groups is 1. The molecule has 1 N–H and O–H groups in total. The fourth-order valence-corrected chi connectivity index (χ4v) is 4.01. The van der Waals surface area contributed by atoms with Crippen molar-refractivity contribution in [2.75, 3.05) is 23.3 Å². The van der Waals surface area contributed by atoms with Crippen molar-refractivity contribution < 1.29 is 22.8 Å². The molecule has 0 saturated carbocycles. The molecule has 10 heteroatoms. The largest absolute Gasteiger partial charge is 0.418 e. The molecule has 3 aromatic rings. The predicted molar refractivity (Wildman–Crippen MR) is 118 cm³/mol. The van der Waals surface area contributed by atoms with Gasteiger partial charge in [0, 0.05) is 30.9 Å². The van der Waals surface area contributed by atoms with Crippen molar-refractivity contribution in [3.63, 3.8) is 0 Å². The lowest BCUT2D eigenvalue weighted by molar-refractivity contribution is -0.137. The van der Waals surface area contributed by atoms with Crippen LogP contribution in [0.5, 0.6) is 0 Å². The van der Waals surface area contributed by atoms with Crippen LogP contribution in [0.3, 0.4) is 0 Å². The maximum atomic E-state index is 13.6. The summed E-state index contributed by atoms with van der Waals surface area (Å²) in [4.78, 5) is 35.6. The summed E-state index contributed by atoms with van der Waals surface area (Å²) in [6.45, 7) is 3.11. The summed E-state index contributed by atoms with van der Waals surface area (Å²) in [5.74, 6) is 0. The van der Waals surface area contributed by atoms with Crippen molar-refractivity contribution in [2.24, 2.45) is 0 Å². The van der Waals surface area contributed by atoms with Gasteiger partial charge in [-0.25, -0.2) is 4.79 Å². The molecule has 2 aromatic heterocycles. The first-order valence-corrected chi connectivity index (χ1v) is 10.5. The van der Waals surface area contributed by atoms with Crippen LogP contribution in [0.25, 0.3) is 10.9 Å². The Morgan fingerprint density at radius 2 is 1.88 bits per heavy atom. The number of nitrogens with one attached hydrogen (secondary N) is 1. The topological polar surface area (TPSA) is 78.4 Å². The minimum absolute atomic E-state index is 0.148. The highest BCUT2D eigenvalue weighted by Crippen LogP contribution is 2.40. The number of aryl methyl sites for hydroxylation is 1. The second-order valence-electron chi connectivity index (χ2n) is 7.83. The molecule has 0 atom stereocenters. The van der Waals surface area contributed by atoms with Crippen LogP contribution >= 0.6 is 0 Å². The Labute approximate surface area is 188 Å². The Bertz CT molecular complexity index is 1190. The summed E-state index contributed by atoms with van der Waals surface area (Å²) < 4.78 is 40.7.